The van der Waals surface area contributed by atoms with E-state index >= 15 is 0 Å². The molecule has 0 aliphatic carbocycles. The fourth-order valence-electron chi connectivity index (χ4n) is 9.65. The van der Waals surface area contributed by atoms with E-state index in [0.29, 0.717) is 29.0 Å². The average Bonchev–Trinajstić information content (AvgIpc) is 2.41. The Hall–Kier alpha value is -8.10. The van der Waals surface area contributed by atoms with Crippen molar-refractivity contribution in [3.05, 3.63) is 155 Å². The molecule has 0 radical (unpaired) electrons. The van der Waals surface area contributed by atoms with Gasteiger partial charge in [-0.25, -0.2) is 14.7 Å². The molecule has 23 nitrogen and oxygen atoms in total. The Morgan fingerprint density at radius 1 is 0.682 bits per heavy atom. The molecule has 3 fully saturated rings. The average molecular weight is 1180 g/mol. The largest absolute Gasteiger partial charge is 0.507 e. The van der Waals surface area contributed by atoms with Crippen LogP contribution in [0.15, 0.2) is 132 Å². The van der Waals surface area contributed by atoms with Crippen LogP contribution in [0.3, 0.4) is 0 Å². The zero-order chi connectivity index (χ0) is 61.8. The van der Waals surface area contributed by atoms with Gasteiger partial charge in [-0.05, 0) is 94.3 Å². The van der Waals surface area contributed by atoms with Crippen molar-refractivity contribution in [2.75, 3.05) is 36.2 Å². The lowest BCUT2D eigenvalue weighted by molar-refractivity contribution is -0.318. The van der Waals surface area contributed by atoms with Crippen molar-refractivity contribution in [3.8, 4) is 34.4 Å². The Morgan fingerprint density at radius 2 is 1.24 bits per heavy atom. The number of ketones is 1. The van der Waals surface area contributed by atoms with Crippen molar-refractivity contribution in [2.45, 2.75) is 121 Å². The summed E-state index contributed by atoms with van der Waals surface area (Å²) in [5, 5.41) is 88.2. The minimum absolute atomic E-state index is 0.00472. The fraction of sp³-hybridized carbons (Fsp3) is 0.387. The number of hydrogen-bond donors (Lipinski definition) is 9. The molecule has 1 aromatic heterocycles. The predicted molar refractivity (Wildman–Crippen MR) is 314 cm³/mol. The van der Waals surface area contributed by atoms with Gasteiger partial charge in [0.05, 0.1) is 49.7 Å². The second kappa shape index (κ2) is 29.1. The molecule has 23 heteroatoms. The summed E-state index contributed by atoms with van der Waals surface area (Å²) in [5.74, 6) is -2.17. The summed E-state index contributed by atoms with van der Waals surface area (Å²) in [5.41, 5.74) is 4.19. The fourth-order valence-corrected chi connectivity index (χ4v) is 9.65. The van der Waals surface area contributed by atoms with Crippen LogP contribution >= 0.6 is 0 Å². The molecule has 9 rings (SSSR count). The third-order valence-corrected chi connectivity index (χ3v) is 14.4. The van der Waals surface area contributed by atoms with Gasteiger partial charge < -0.3 is 74.6 Å². The first kappa shape index (κ1) is 64.5. The van der Waals surface area contributed by atoms with Gasteiger partial charge >= 0.3 is 0 Å². The minimum atomic E-state index is -1.77. The lowest BCUT2D eigenvalue weighted by atomic mass is 9.98. The van der Waals surface area contributed by atoms with E-state index in [4.69, 9.17) is 28.4 Å². The van der Waals surface area contributed by atoms with Gasteiger partial charge in [-0.3, -0.25) is 23.9 Å². The van der Waals surface area contributed by atoms with Crippen molar-refractivity contribution in [1.29, 1.82) is 0 Å². The summed E-state index contributed by atoms with van der Waals surface area (Å²) >= 11 is 0. The van der Waals surface area contributed by atoms with Crippen LogP contribution in [0.4, 0.5) is 17.1 Å². The van der Waals surface area contributed by atoms with Gasteiger partial charge in [-0.15, -0.1) is 0 Å². The number of phenols is 2. The van der Waals surface area contributed by atoms with Gasteiger partial charge in [0.2, 0.25) is 6.29 Å². The number of carbonyl (C=O) groups excluding carboxylic acids is 3. The van der Waals surface area contributed by atoms with Crippen molar-refractivity contribution in [2.24, 2.45) is 13.0 Å². The summed E-state index contributed by atoms with van der Waals surface area (Å²) in [6.45, 7) is 9.02. The molecule has 9 N–H and O–H groups in total. The molecule has 4 heterocycles. The molecule has 0 spiro atoms. The van der Waals surface area contributed by atoms with Gasteiger partial charge in [0.1, 0.15) is 77.1 Å². The number of benzene rings is 5. The molecule has 2 amide bonds. The number of phenolic OH excluding ortho intramolecular Hbond substituents is 2. The number of unbranched alkanes of at least 4 members (excludes halogenated alkanes) is 1. The Morgan fingerprint density at radius 3 is 1.78 bits per heavy atom. The number of para-hydroxylation sites is 3. The third kappa shape index (κ3) is 14.9. The van der Waals surface area contributed by atoms with E-state index in [1.165, 1.54) is 55.4 Å². The standard InChI is InChI=1S/C29H36O15.C19H20N2O2.C14H19N3O/c1-12-22(33)24(35)26(37)28(42-12)41-11-20-23(34)25(36)27(38)29(44-20)43-14-9-17(32)21(19(10-14)40-3)15(30)6-4-13-5-7-18(39-2)16(31)8-13;1-2-3-14-17-18(22)20(15-10-6-4-7-11-15)21(19(17)23)16-12-8-5-9-13-16;1-10(2)15-13-11(3)16(4)17(14(13)18)12-8-6-5-7-9-12/h4-10,12,20,22-29,31-38H,11H2,1-3H3;4-13,17H,2-3,14H2,1H3;5-10,15H,1-4H3/b6-4+;;/t12-,20+,22-,23+,24+,25-,26+,27+,28+,29+;;/m0../s1. The number of anilines is 3. The molecule has 0 saturated carbocycles. The molecule has 3 saturated heterocycles. The number of methoxy groups -OCH3 is 2. The van der Waals surface area contributed by atoms with Gasteiger partial charge in [-0.1, -0.05) is 86.5 Å². The van der Waals surface area contributed by atoms with E-state index in [1.54, 1.807) is 10.7 Å². The molecule has 3 aliphatic heterocycles. The van der Waals surface area contributed by atoms with Crippen LogP contribution in [-0.2, 0) is 30.8 Å². The van der Waals surface area contributed by atoms with E-state index in [1.807, 2.05) is 123 Å². The van der Waals surface area contributed by atoms with Crippen LogP contribution in [0.2, 0.25) is 0 Å². The molecule has 0 unspecified atom stereocenters. The maximum atomic E-state index is 12.9. The van der Waals surface area contributed by atoms with Crippen molar-refractivity contribution in [3.63, 3.8) is 0 Å². The Kier molecular flexibility index (Phi) is 22.1. The Balaban J connectivity index is 0.000000209. The third-order valence-electron chi connectivity index (χ3n) is 14.4. The first-order valence-corrected chi connectivity index (χ1v) is 27.7. The number of aromatic hydroxyl groups is 2. The number of aromatic nitrogens is 2. The highest BCUT2D eigenvalue weighted by molar-refractivity contribution is 6.23. The van der Waals surface area contributed by atoms with Crippen LogP contribution in [-0.4, -0.2) is 156 Å². The van der Waals surface area contributed by atoms with E-state index in [2.05, 4.69) is 12.2 Å². The maximum absolute atomic E-state index is 12.9. The number of amides is 2. The highest BCUT2D eigenvalue weighted by Gasteiger charge is 2.48. The predicted octanol–water partition coefficient (Wildman–Crippen LogP) is 5.13. The number of ether oxygens (including phenoxy) is 6. The molecule has 6 aromatic rings. The van der Waals surface area contributed by atoms with E-state index in [9.17, 15) is 60.0 Å². The number of aliphatic hydroxyl groups is 6. The molecule has 85 heavy (non-hydrogen) atoms. The lowest BCUT2D eigenvalue weighted by Crippen LogP contribution is -2.61. The van der Waals surface area contributed by atoms with Crippen LogP contribution in [0, 0.1) is 12.8 Å². The summed E-state index contributed by atoms with van der Waals surface area (Å²) in [6, 6.07) is 35.4. The zero-order valence-electron chi connectivity index (χ0n) is 48.4. The number of rotatable bonds is 18. The number of nitrogens with one attached hydrogen (secondary N) is 1. The SMILES string of the molecule is CCCCC1C(=O)N(c2ccccc2)N(c2ccccc2)C1=O.COc1ccc(/C=C/C(=O)c2c(O)cc(O[C@@H]3O[C@H](CO[C@@H]4O[C@@H](C)[C@H](O)[C@@H](O)[C@H]4O)[C@@H](O)[C@H](O)[C@H]3O)cc2OC)cc1O.Cc1c(NC(C)C)c(=O)n(-c2ccccc2)n1C. The summed E-state index contributed by atoms with van der Waals surface area (Å²) < 4.78 is 35.9. The molecular weight excluding hydrogens is 1100 g/mol. The molecule has 3 aliphatic rings. The number of aliphatic hydroxyl groups excluding tert-OH is 6. The van der Waals surface area contributed by atoms with E-state index < -0.39 is 85.5 Å². The smallest absolute Gasteiger partial charge is 0.295 e. The lowest BCUT2D eigenvalue weighted by Gasteiger charge is -2.42. The molecule has 456 valence electrons. The maximum Gasteiger partial charge on any atom is 0.295 e. The Bertz CT molecular complexity index is 3230. The second-order valence-corrected chi connectivity index (χ2v) is 20.7. The number of nitrogens with zero attached hydrogens (tertiary/aromatic N) is 4. The van der Waals surface area contributed by atoms with Crippen LogP contribution in [0.25, 0.3) is 11.8 Å². The minimum Gasteiger partial charge on any atom is -0.507 e. The molecular formula is C62H75N5O18. The first-order chi connectivity index (χ1) is 40.6. The molecule has 5 aromatic carbocycles. The Labute approximate surface area is 491 Å². The topological polar surface area (TPSA) is 314 Å². The van der Waals surface area contributed by atoms with Crippen molar-refractivity contribution >= 4 is 40.7 Å². The molecule has 0 bridgehead atoms. The number of hydrazine groups is 1. The summed E-state index contributed by atoms with van der Waals surface area (Å²) in [6.07, 6.45) is -9.98. The van der Waals surface area contributed by atoms with Crippen LogP contribution in [0.5, 0.6) is 28.7 Å². The van der Waals surface area contributed by atoms with Gasteiger partial charge in [0.25, 0.3) is 17.4 Å². The van der Waals surface area contributed by atoms with E-state index in [-0.39, 0.29) is 52.0 Å². The van der Waals surface area contributed by atoms with E-state index in [0.717, 1.165) is 36.4 Å². The second-order valence-electron chi connectivity index (χ2n) is 20.7. The number of allylic oxidation sites excluding steroid dienone is 1. The van der Waals surface area contributed by atoms with Gasteiger partial charge in [0, 0.05) is 25.2 Å². The highest BCUT2D eigenvalue weighted by atomic mass is 16.7. The van der Waals surface area contributed by atoms with Gasteiger partial charge in [0.15, 0.2) is 23.6 Å². The quantitative estimate of drug-likeness (QED) is 0.0306. The monoisotopic (exact) mass is 1180 g/mol. The van der Waals surface area contributed by atoms with Gasteiger partial charge in [-0.2, -0.15) is 0 Å². The number of hydrogen-bond acceptors (Lipinski definition) is 19. The van der Waals surface area contributed by atoms with Crippen molar-refractivity contribution in [1.82, 2.24) is 9.36 Å². The zero-order valence-corrected chi connectivity index (χ0v) is 48.4. The summed E-state index contributed by atoms with van der Waals surface area (Å²) in [7, 11) is 4.55. The number of carbonyl (C=O) groups is 3. The molecule has 10 atom stereocenters. The normalized spacial score (nSPS) is 23.3. The van der Waals surface area contributed by atoms with Crippen LogP contribution < -0.4 is 35.1 Å². The highest BCUT2D eigenvalue weighted by Crippen LogP contribution is 2.37. The van der Waals surface area contributed by atoms with Crippen molar-refractivity contribution < 1.29 is 83.7 Å². The first-order valence-electron chi connectivity index (χ1n) is 27.7. The summed E-state index contributed by atoms with van der Waals surface area (Å²) in [4.78, 5) is 51.1. The van der Waals surface area contributed by atoms with Crippen LogP contribution in [0.1, 0.15) is 68.6 Å².